The molecule has 1 atom stereocenters. The monoisotopic (exact) mass is 303 g/mol. The molecule has 0 N–H and O–H groups in total. The van der Waals surface area contributed by atoms with E-state index in [4.69, 9.17) is 4.74 Å². The van der Waals surface area contributed by atoms with Crippen molar-refractivity contribution < 1.29 is 9.53 Å². The van der Waals surface area contributed by atoms with E-state index in [0.29, 0.717) is 26.2 Å². The van der Waals surface area contributed by atoms with Crippen molar-refractivity contribution >= 4 is 17.2 Å². The molecule has 0 bridgehead atoms. The number of hydrogen-bond donors (Lipinski definition) is 0. The Morgan fingerprint density at radius 2 is 2.43 bits per heavy atom. The van der Waals surface area contributed by atoms with Crippen molar-refractivity contribution in [2.75, 3.05) is 19.8 Å². The lowest BCUT2D eigenvalue weighted by Crippen LogP contribution is -2.44. The number of morpholine rings is 1. The molecule has 110 valence electrons. The number of carbonyl (C=O) groups is 1. The summed E-state index contributed by atoms with van der Waals surface area (Å²) < 4.78 is 5.53. The molecule has 6 heteroatoms. The van der Waals surface area contributed by atoms with Gasteiger partial charge in [0.15, 0.2) is 0 Å². The van der Waals surface area contributed by atoms with Crippen LogP contribution < -0.4 is 0 Å². The molecule has 0 spiro atoms. The van der Waals surface area contributed by atoms with E-state index in [1.165, 1.54) is 0 Å². The zero-order valence-corrected chi connectivity index (χ0v) is 12.7. The number of rotatable bonds is 3. The second-order valence-corrected chi connectivity index (χ2v) is 6.03. The second-order valence-electron chi connectivity index (χ2n) is 4.97. The van der Waals surface area contributed by atoms with Gasteiger partial charge in [-0.05, 0) is 19.1 Å². The molecule has 0 unspecified atom stereocenters. The average Bonchev–Trinajstić information content (AvgIpc) is 2.95. The third-order valence-corrected chi connectivity index (χ3v) is 4.28. The highest BCUT2D eigenvalue weighted by Gasteiger charge is 2.30. The molecule has 2 aromatic rings. The lowest BCUT2D eigenvalue weighted by molar-refractivity contribution is -0.139. The number of hydrogen-bond acceptors (Lipinski definition) is 5. The molecule has 1 amide bonds. The Kier molecular flexibility index (Phi) is 4.26. The molecular weight excluding hydrogens is 286 g/mol. The maximum absolute atomic E-state index is 12.6. The van der Waals surface area contributed by atoms with E-state index in [1.807, 2.05) is 35.4 Å². The Bertz CT molecular complexity index is 614. The number of ether oxygens (including phenoxy) is 1. The van der Waals surface area contributed by atoms with E-state index < -0.39 is 0 Å². The van der Waals surface area contributed by atoms with Gasteiger partial charge in [-0.15, -0.1) is 11.3 Å². The van der Waals surface area contributed by atoms with E-state index in [9.17, 15) is 4.79 Å². The molecule has 1 fully saturated rings. The van der Waals surface area contributed by atoms with Gasteiger partial charge in [0.25, 0.3) is 0 Å². The van der Waals surface area contributed by atoms with Crippen molar-refractivity contribution in [3.63, 3.8) is 0 Å². The first kappa shape index (κ1) is 14.2. The van der Waals surface area contributed by atoms with Gasteiger partial charge in [-0.1, -0.05) is 6.07 Å². The first-order chi connectivity index (χ1) is 10.2. The Hall–Kier alpha value is -1.79. The summed E-state index contributed by atoms with van der Waals surface area (Å²) in [7, 11) is 0. The molecule has 2 aromatic heterocycles. The van der Waals surface area contributed by atoms with E-state index in [-0.39, 0.29) is 11.9 Å². The summed E-state index contributed by atoms with van der Waals surface area (Å²) in [4.78, 5) is 23.2. The molecule has 1 aliphatic heterocycles. The predicted molar refractivity (Wildman–Crippen MR) is 80.1 cm³/mol. The molecule has 1 saturated heterocycles. The highest BCUT2D eigenvalue weighted by atomic mass is 32.1. The molecule has 3 heterocycles. The Morgan fingerprint density at radius 1 is 1.52 bits per heavy atom. The number of pyridine rings is 1. The van der Waals surface area contributed by atoms with Crippen LogP contribution in [0.25, 0.3) is 0 Å². The summed E-state index contributed by atoms with van der Waals surface area (Å²) in [6.45, 7) is 3.66. The topological polar surface area (TPSA) is 55.3 Å². The summed E-state index contributed by atoms with van der Waals surface area (Å²) in [5.41, 5.74) is 1.72. The fourth-order valence-electron chi connectivity index (χ4n) is 2.44. The van der Waals surface area contributed by atoms with Gasteiger partial charge in [-0.2, -0.15) is 0 Å². The maximum Gasteiger partial charge on any atom is 0.229 e. The summed E-state index contributed by atoms with van der Waals surface area (Å²) in [5, 5.41) is 3.02. The van der Waals surface area contributed by atoms with Crippen molar-refractivity contribution in [1.29, 1.82) is 0 Å². The molecular formula is C15H17N3O2S. The Morgan fingerprint density at radius 3 is 3.14 bits per heavy atom. The largest absolute Gasteiger partial charge is 0.377 e. The fraction of sp³-hybridized carbons (Fsp3) is 0.400. The maximum atomic E-state index is 12.6. The average molecular weight is 303 g/mol. The van der Waals surface area contributed by atoms with E-state index in [0.717, 1.165) is 16.4 Å². The first-order valence-corrected chi connectivity index (χ1v) is 7.81. The van der Waals surface area contributed by atoms with Gasteiger partial charge in [0, 0.05) is 23.8 Å². The Labute approximate surface area is 127 Å². The van der Waals surface area contributed by atoms with Crippen molar-refractivity contribution in [2.45, 2.75) is 19.4 Å². The predicted octanol–water partition coefficient (Wildman–Crippen LogP) is 1.99. The van der Waals surface area contributed by atoms with Crippen LogP contribution in [-0.2, 0) is 16.0 Å². The van der Waals surface area contributed by atoms with Crippen LogP contribution >= 0.6 is 11.3 Å². The zero-order valence-electron chi connectivity index (χ0n) is 11.9. The standard InChI is InChI=1S/C15H17N3O2S/c1-11-17-13(10-21-11)14-9-20-7-6-18(14)15(19)8-12-4-2-3-5-16-12/h2-5,10,14H,6-9H2,1H3/t14-/m1/s1. The SMILES string of the molecule is Cc1nc([C@H]2COCCN2C(=O)Cc2ccccn2)cs1. The van der Waals surface area contributed by atoms with Crippen LogP contribution in [0, 0.1) is 6.92 Å². The van der Waals surface area contributed by atoms with Crippen LogP contribution in [0.5, 0.6) is 0 Å². The molecule has 0 radical (unpaired) electrons. The van der Waals surface area contributed by atoms with Crippen molar-refractivity contribution in [3.05, 3.63) is 46.2 Å². The van der Waals surface area contributed by atoms with Gasteiger partial charge < -0.3 is 9.64 Å². The number of thiazole rings is 1. The molecule has 0 saturated carbocycles. The molecule has 21 heavy (non-hydrogen) atoms. The Balaban J connectivity index is 1.76. The molecule has 1 aliphatic rings. The molecule has 0 aromatic carbocycles. The lowest BCUT2D eigenvalue weighted by Gasteiger charge is -2.34. The van der Waals surface area contributed by atoms with Gasteiger partial charge in [-0.3, -0.25) is 9.78 Å². The minimum atomic E-state index is -0.0834. The third kappa shape index (κ3) is 3.28. The van der Waals surface area contributed by atoms with Gasteiger partial charge in [0.1, 0.15) is 0 Å². The van der Waals surface area contributed by atoms with Crippen LogP contribution in [0.2, 0.25) is 0 Å². The summed E-state index contributed by atoms with van der Waals surface area (Å²) >= 11 is 1.60. The van der Waals surface area contributed by atoms with E-state index in [2.05, 4.69) is 9.97 Å². The number of aryl methyl sites for hydroxylation is 1. The van der Waals surface area contributed by atoms with Gasteiger partial charge in [-0.25, -0.2) is 4.98 Å². The molecule has 5 nitrogen and oxygen atoms in total. The van der Waals surface area contributed by atoms with Gasteiger partial charge in [0.05, 0.1) is 36.4 Å². The van der Waals surface area contributed by atoms with Crippen molar-refractivity contribution in [1.82, 2.24) is 14.9 Å². The lowest BCUT2D eigenvalue weighted by atomic mass is 10.1. The van der Waals surface area contributed by atoms with Crippen LogP contribution in [-0.4, -0.2) is 40.5 Å². The van der Waals surface area contributed by atoms with E-state index >= 15 is 0 Å². The number of amides is 1. The third-order valence-electron chi connectivity index (χ3n) is 3.49. The number of aromatic nitrogens is 2. The van der Waals surface area contributed by atoms with Gasteiger partial charge >= 0.3 is 0 Å². The van der Waals surface area contributed by atoms with E-state index in [1.54, 1.807) is 17.5 Å². The summed E-state index contributed by atoms with van der Waals surface area (Å²) in [6.07, 6.45) is 2.03. The van der Waals surface area contributed by atoms with Crippen molar-refractivity contribution in [3.8, 4) is 0 Å². The van der Waals surface area contributed by atoms with Crippen molar-refractivity contribution in [2.24, 2.45) is 0 Å². The summed E-state index contributed by atoms with van der Waals surface area (Å²) in [6, 6.07) is 5.54. The summed E-state index contributed by atoms with van der Waals surface area (Å²) in [5.74, 6) is 0.0765. The second kappa shape index (κ2) is 6.32. The fourth-order valence-corrected chi connectivity index (χ4v) is 3.10. The smallest absolute Gasteiger partial charge is 0.229 e. The van der Waals surface area contributed by atoms with Crippen LogP contribution in [0.4, 0.5) is 0 Å². The molecule has 0 aliphatic carbocycles. The first-order valence-electron chi connectivity index (χ1n) is 6.93. The highest BCUT2D eigenvalue weighted by molar-refractivity contribution is 7.09. The minimum absolute atomic E-state index is 0.0765. The molecule has 3 rings (SSSR count). The number of nitrogens with zero attached hydrogens (tertiary/aromatic N) is 3. The van der Waals surface area contributed by atoms with Crippen LogP contribution in [0.15, 0.2) is 29.8 Å². The zero-order chi connectivity index (χ0) is 14.7. The highest BCUT2D eigenvalue weighted by Crippen LogP contribution is 2.26. The normalized spacial score (nSPS) is 18.7. The quantitative estimate of drug-likeness (QED) is 0.870. The minimum Gasteiger partial charge on any atom is -0.377 e. The van der Waals surface area contributed by atoms with Crippen LogP contribution in [0.1, 0.15) is 22.4 Å². The van der Waals surface area contributed by atoms with Crippen LogP contribution in [0.3, 0.4) is 0 Å². The van der Waals surface area contributed by atoms with Gasteiger partial charge in [0.2, 0.25) is 5.91 Å². The number of carbonyl (C=O) groups excluding carboxylic acids is 1.